The molecule has 0 unspecified atom stereocenters. The van der Waals surface area contributed by atoms with Crippen LogP contribution in [0.25, 0.3) is 21.1 Å². The van der Waals surface area contributed by atoms with Gasteiger partial charge in [0, 0.05) is 11.4 Å². The molecule has 1 N–H and O–H groups in total. The van der Waals surface area contributed by atoms with Gasteiger partial charge in [-0.15, -0.1) is 11.3 Å². The minimum absolute atomic E-state index is 0.115. The number of para-hydroxylation sites is 1. The van der Waals surface area contributed by atoms with E-state index in [1.807, 2.05) is 18.2 Å². The molecule has 0 radical (unpaired) electrons. The zero-order chi connectivity index (χ0) is 17.4. The number of benzene rings is 1. The van der Waals surface area contributed by atoms with Crippen molar-refractivity contribution in [2.45, 2.75) is 20.4 Å². The lowest BCUT2D eigenvalue weighted by Crippen LogP contribution is -2.26. The fraction of sp³-hybridized carbons (Fsp3) is 0.222. The van der Waals surface area contributed by atoms with E-state index in [2.05, 4.69) is 44.7 Å². The van der Waals surface area contributed by atoms with Crippen molar-refractivity contribution in [3.8, 4) is 0 Å². The van der Waals surface area contributed by atoms with E-state index in [1.165, 1.54) is 4.88 Å². The molecule has 3 heterocycles. The van der Waals surface area contributed by atoms with Gasteiger partial charge in [-0.25, -0.2) is 15.0 Å². The lowest BCUT2D eigenvalue weighted by atomic mass is 10.2. The highest BCUT2D eigenvalue weighted by atomic mass is 32.1. The number of H-pyrrole nitrogens is 1. The number of hydrogen-bond acceptors (Lipinski definition) is 6. The standard InChI is InChI=1S/C18H17N5OS/c1-3-23(16-13-8-11(2)25-18(13)20-10-19-16)9-15-21-14-7-5-4-6-12(14)17(24)22-15/h4-8,10H,3,9H2,1-2H3,(H,21,22,24). The van der Waals surface area contributed by atoms with Crippen LogP contribution >= 0.6 is 11.3 Å². The summed E-state index contributed by atoms with van der Waals surface area (Å²) >= 11 is 1.65. The molecule has 4 aromatic rings. The number of fused-ring (bicyclic) bond motifs is 2. The Labute approximate surface area is 148 Å². The van der Waals surface area contributed by atoms with E-state index < -0.39 is 0 Å². The van der Waals surface area contributed by atoms with Gasteiger partial charge in [-0.3, -0.25) is 4.79 Å². The Morgan fingerprint density at radius 2 is 2.04 bits per heavy atom. The first-order valence-electron chi connectivity index (χ1n) is 8.09. The maximum atomic E-state index is 12.3. The minimum Gasteiger partial charge on any atom is -0.349 e. The first-order chi connectivity index (χ1) is 12.2. The van der Waals surface area contributed by atoms with E-state index in [1.54, 1.807) is 23.7 Å². The van der Waals surface area contributed by atoms with E-state index in [-0.39, 0.29) is 5.56 Å². The Kier molecular flexibility index (Phi) is 3.93. The van der Waals surface area contributed by atoms with Gasteiger partial charge in [0.25, 0.3) is 5.56 Å². The van der Waals surface area contributed by atoms with Crippen LogP contribution in [-0.4, -0.2) is 26.5 Å². The molecule has 0 bridgehead atoms. The Bertz CT molecular complexity index is 1120. The zero-order valence-corrected chi connectivity index (χ0v) is 14.8. The van der Waals surface area contributed by atoms with Crippen LogP contribution in [0.4, 0.5) is 5.82 Å². The predicted octanol–water partition coefficient (Wildman–Crippen LogP) is 3.26. The molecule has 0 aliphatic rings. The number of thiophene rings is 1. The van der Waals surface area contributed by atoms with Crippen molar-refractivity contribution in [3.05, 3.63) is 57.7 Å². The molecule has 4 rings (SSSR count). The lowest BCUT2D eigenvalue weighted by Gasteiger charge is -2.21. The zero-order valence-electron chi connectivity index (χ0n) is 14.0. The molecular weight excluding hydrogens is 334 g/mol. The van der Waals surface area contributed by atoms with E-state index in [0.29, 0.717) is 23.3 Å². The van der Waals surface area contributed by atoms with Gasteiger partial charge in [-0.2, -0.15) is 0 Å². The van der Waals surface area contributed by atoms with E-state index in [0.717, 1.165) is 22.6 Å². The second kappa shape index (κ2) is 6.25. The number of anilines is 1. The fourth-order valence-corrected chi connectivity index (χ4v) is 3.78. The minimum atomic E-state index is -0.115. The smallest absolute Gasteiger partial charge is 0.258 e. The molecule has 0 fully saturated rings. The molecule has 6 nitrogen and oxygen atoms in total. The molecule has 7 heteroatoms. The Morgan fingerprint density at radius 1 is 1.20 bits per heavy atom. The normalized spacial score (nSPS) is 11.3. The third-order valence-electron chi connectivity index (χ3n) is 4.12. The molecule has 0 saturated carbocycles. The summed E-state index contributed by atoms with van der Waals surface area (Å²) in [7, 11) is 0. The molecule has 1 aromatic carbocycles. The molecule has 126 valence electrons. The third kappa shape index (κ3) is 2.87. The summed E-state index contributed by atoms with van der Waals surface area (Å²) in [5.74, 6) is 1.50. The van der Waals surface area contributed by atoms with Crippen molar-refractivity contribution >= 4 is 38.3 Å². The predicted molar refractivity (Wildman–Crippen MR) is 101 cm³/mol. The number of nitrogens with one attached hydrogen (secondary N) is 1. The first kappa shape index (κ1) is 15.7. The largest absolute Gasteiger partial charge is 0.349 e. The highest BCUT2D eigenvalue weighted by Gasteiger charge is 2.15. The van der Waals surface area contributed by atoms with Gasteiger partial charge in [0.05, 0.1) is 22.8 Å². The highest BCUT2D eigenvalue weighted by molar-refractivity contribution is 7.18. The van der Waals surface area contributed by atoms with Gasteiger partial charge >= 0.3 is 0 Å². The van der Waals surface area contributed by atoms with Crippen LogP contribution in [-0.2, 0) is 6.54 Å². The van der Waals surface area contributed by atoms with E-state index in [9.17, 15) is 4.79 Å². The number of nitrogens with zero attached hydrogens (tertiary/aromatic N) is 4. The Hall–Kier alpha value is -2.80. The quantitative estimate of drug-likeness (QED) is 0.611. The average molecular weight is 351 g/mol. The lowest BCUT2D eigenvalue weighted by molar-refractivity contribution is 0.771. The van der Waals surface area contributed by atoms with E-state index >= 15 is 0 Å². The van der Waals surface area contributed by atoms with Gasteiger partial charge < -0.3 is 9.88 Å². The summed E-state index contributed by atoms with van der Waals surface area (Å²) in [4.78, 5) is 32.9. The first-order valence-corrected chi connectivity index (χ1v) is 8.91. The van der Waals surface area contributed by atoms with Crippen LogP contribution in [0.5, 0.6) is 0 Å². The summed E-state index contributed by atoms with van der Waals surface area (Å²) in [6.07, 6.45) is 1.59. The van der Waals surface area contributed by atoms with Gasteiger partial charge in [-0.05, 0) is 32.0 Å². The van der Waals surface area contributed by atoms with Crippen LogP contribution in [0.15, 0.2) is 41.5 Å². The Balaban J connectivity index is 1.76. The topological polar surface area (TPSA) is 74.8 Å². The van der Waals surface area contributed by atoms with Crippen molar-refractivity contribution in [2.24, 2.45) is 0 Å². The molecule has 0 amide bonds. The highest BCUT2D eigenvalue weighted by Crippen LogP contribution is 2.30. The number of hydrogen-bond donors (Lipinski definition) is 1. The number of aromatic amines is 1. The van der Waals surface area contributed by atoms with Crippen LogP contribution in [0, 0.1) is 6.92 Å². The average Bonchev–Trinajstić information content (AvgIpc) is 3.00. The maximum Gasteiger partial charge on any atom is 0.258 e. The summed E-state index contributed by atoms with van der Waals surface area (Å²) < 4.78 is 0. The second-order valence-electron chi connectivity index (χ2n) is 5.82. The van der Waals surface area contributed by atoms with Gasteiger partial charge in [0.15, 0.2) is 0 Å². The van der Waals surface area contributed by atoms with Crippen molar-refractivity contribution in [1.29, 1.82) is 0 Å². The number of aryl methyl sites for hydroxylation is 1. The molecule has 0 aliphatic carbocycles. The van der Waals surface area contributed by atoms with Crippen LogP contribution in [0.1, 0.15) is 17.6 Å². The van der Waals surface area contributed by atoms with Crippen molar-refractivity contribution in [2.75, 3.05) is 11.4 Å². The summed E-state index contributed by atoms with van der Waals surface area (Å²) in [5, 5.41) is 1.64. The maximum absolute atomic E-state index is 12.3. The van der Waals surface area contributed by atoms with Crippen LogP contribution in [0.2, 0.25) is 0 Å². The summed E-state index contributed by atoms with van der Waals surface area (Å²) in [5.41, 5.74) is 0.590. The third-order valence-corrected chi connectivity index (χ3v) is 5.07. The molecule has 0 aliphatic heterocycles. The number of aromatic nitrogens is 4. The van der Waals surface area contributed by atoms with Crippen LogP contribution in [0.3, 0.4) is 0 Å². The molecule has 25 heavy (non-hydrogen) atoms. The Morgan fingerprint density at radius 3 is 2.88 bits per heavy atom. The molecule has 3 aromatic heterocycles. The van der Waals surface area contributed by atoms with Crippen LogP contribution < -0.4 is 10.5 Å². The SMILES string of the molecule is CCN(Cc1nc2ccccc2c(=O)[nH]1)c1ncnc2sc(C)cc12. The van der Waals surface area contributed by atoms with Crippen molar-refractivity contribution < 1.29 is 0 Å². The van der Waals surface area contributed by atoms with E-state index in [4.69, 9.17) is 0 Å². The molecule has 0 spiro atoms. The second-order valence-corrected chi connectivity index (χ2v) is 7.05. The number of rotatable bonds is 4. The molecule has 0 atom stereocenters. The summed E-state index contributed by atoms with van der Waals surface area (Å²) in [6.45, 7) is 5.36. The molecular formula is C18H17N5OS. The van der Waals surface area contributed by atoms with Crippen molar-refractivity contribution in [1.82, 2.24) is 19.9 Å². The van der Waals surface area contributed by atoms with Gasteiger partial charge in [-0.1, -0.05) is 12.1 Å². The molecule has 0 saturated heterocycles. The van der Waals surface area contributed by atoms with Gasteiger partial charge in [0.1, 0.15) is 22.8 Å². The van der Waals surface area contributed by atoms with Crippen molar-refractivity contribution in [3.63, 3.8) is 0 Å². The monoisotopic (exact) mass is 351 g/mol. The fourth-order valence-electron chi connectivity index (χ4n) is 2.94. The summed E-state index contributed by atoms with van der Waals surface area (Å²) in [6, 6.07) is 9.47. The van der Waals surface area contributed by atoms with Gasteiger partial charge in [0.2, 0.25) is 0 Å².